The van der Waals surface area contributed by atoms with E-state index >= 15 is 0 Å². The zero-order valence-electron chi connectivity index (χ0n) is 25.8. The largest absolute Gasteiger partial charge is 0.444 e. The van der Waals surface area contributed by atoms with Crippen molar-refractivity contribution in [3.63, 3.8) is 0 Å². The number of piperidine rings is 1. The second-order valence-corrected chi connectivity index (χ2v) is 12.9. The summed E-state index contributed by atoms with van der Waals surface area (Å²) >= 11 is 0. The molecule has 232 valence electrons. The van der Waals surface area contributed by atoms with Crippen LogP contribution in [0.1, 0.15) is 52.2 Å². The number of hydrogen-bond acceptors (Lipinski definition) is 7. The number of para-hydroxylation sites is 1. The first-order valence-corrected chi connectivity index (χ1v) is 14.9. The molecule has 44 heavy (non-hydrogen) atoms. The highest BCUT2D eigenvalue weighted by molar-refractivity contribution is 6.13. The van der Waals surface area contributed by atoms with Gasteiger partial charge in [-0.15, -0.1) is 0 Å². The molecule has 11 heteroatoms. The van der Waals surface area contributed by atoms with E-state index in [2.05, 4.69) is 26.0 Å². The number of alkyl carbamates (subject to hydrolysis) is 1. The fourth-order valence-electron chi connectivity index (χ4n) is 5.63. The summed E-state index contributed by atoms with van der Waals surface area (Å²) in [7, 11) is 0. The van der Waals surface area contributed by atoms with Crippen LogP contribution < -0.4 is 16.0 Å². The van der Waals surface area contributed by atoms with Crippen LogP contribution in [0.3, 0.4) is 0 Å². The number of carbonyl (C=O) groups is 4. The third kappa shape index (κ3) is 6.83. The predicted molar refractivity (Wildman–Crippen MR) is 167 cm³/mol. The van der Waals surface area contributed by atoms with Gasteiger partial charge in [-0.05, 0) is 51.8 Å². The van der Waals surface area contributed by atoms with E-state index in [1.54, 1.807) is 34.6 Å². The fourth-order valence-corrected chi connectivity index (χ4v) is 5.63. The summed E-state index contributed by atoms with van der Waals surface area (Å²) in [5, 5.41) is 15.7. The Balaban J connectivity index is 1.39. The number of Topliss-reactive ketones (excluding diaryl/α,β-unsaturated/α-hetero) is 1. The molecule has 1 aromatic heterocycles. The van der Waals surface area contributed by atoms with Gasteiger partial charge in [-0.3, -0.25) is 14.4 Å². The zero-order valence-corrected chi connectivity index (χ0v) is 25.8. The van der Waals surface area contributed by atoms with E-state index in [-0.39, 0.29) is 18.1 Å². The first kappa shape index (κ1) is 30.9. The minimum absolute atomic E-state index is 0.177. The van der Waals surface area contributed by atoms with E-state index in [4.69, 9.17) is 4.74 Å². The number of ketones is 1. The van der Waals surface area contributed by atoms with Crippen LogP contribution in [-0.2, 0) is 32.1 Å². The number of carbonyl (C=O) groups excluding carboxylic acids is 4. The van der Waals surface area contributed by atoms with Gasteiger partial charge >= 0.3 is 6.09 Å². The van der Waals surface area contributed by atoms with Gasteiger partial charge in [-0.25, -0.2) is 9.80 Å². The van der Waals surface area contributed by atoms with Crippen LogP contribution in [0.4, 0.5) is 4.79 Å². The SMILES string of the molecule is CC(C)(C)OC(=O)NC(C)(C)C(=O)N[C@H](Cc1c[nH]c2ccccc12)C(=O)C1NCCC2=NN(Cc3ccccc3)C(=O)C21. The van der Waals surface area contributed by atoms with Crippen LogP contribution in [0.15, 0.2) is 65.9 Å². The van der Waals surface area contributed by atoms with Crippen LogP contribution >= 0.6 is 0 Å². The van der Waals surface area contributed by atoms with Crippen LogP contribution in [0, 0.1) is 5.92 Å². The minimum atomic E-state index is -1.40. The van der Waals surface area contributed by atoms with Crippen LogP contribution in [0.25, 0.3) is 10.9 Å². The maximum Gasteiger partial charge on any atom is 0.408 e. The zero-order chi connectivity index (χ0) is 31.6. The number of hydrogen-bond donors (Lipinski definition) is 4. The number of ether oxygens (including phenoxy) is 1. The predicted octanol–water partition coefficient (Wildman–Crippen LogP) is 3.44. The Labute approximate surface area is 256 Å². The molecule has 0 aliphatic carbocycles. The molecule has 1 saturated heterocycles. The van der Waals surface area contributed by atoms with Gasteiger partial charge in [0.05, 0.1) is 24.3 Å². The minimum Gasteiger partial charge on any atom is -0.444 e. The highest BCUT2D eigenvalue weighted by Gasteiger charge is 2.48. The summed E-state index contributed by atoms with van der Waals surface area (Å²) in [6.07, 6.45) is 1.79. The van der Waals surface area contributed by atoms with Gasteiger partial charge < -0.3 is 25.7 Å². The molecule has 3 atom stereocenters. The third-order valence-corrected chi connectivity index (χ3v) is 7.82. The van der Waals surface area contributed by atoms with Gasteiger partial charge in [0.25, 0.3) is 5.91 Å². The van der Waals surface area contributed by atoms with Gasteiger partial charge in [0.2, 0.25) is 5.91 Å². The first-order valence-electron chi connectivity index (χ1n) is 14.9. The lowest BCUT2D eigenvalue weighted by Crippen LogP contribution is -2.62. The Morgan fingerprint density at radius 2 is 1.75 bits per heavy atom. The molecular formula is C33H40N6O5. The Bertz CT molecular complexity index is 1590. The van der Waals surface area contributed by atoms with Crippen LogP contribution in [-0.4, -0.2) is 69.2 Å². The normalized spacial score (nSPS) is 19.2. The van der Waals surface area contributed by atoms with Gasteiger partial charge in [0.15, 0.2) is 5.78 Å². The molecule has 2 aliphatic rings. The van der Waals surface area contributed by atoms with Gasteiger partial charge in [-0.1, -0.05) is 48.5 Å². The molecule has 3 heterocycles. The second kappa shape index (κ2) is 12.2. The number of benzene rings is 2. The van der Waals surface area contributed by atoms with E-state index < -0.39 is 41.1 Å². The molecule has 1 fully saturated rings. The number of rotatable bonds is 9. The Morgan fingerprint density at radius 3 is 2.48 bits per heavy atom. The molecule has 0 bridgehead atoms. The molecule has 11 nitrogen and oxygen atoms in total. The average Bonchev–Trinajstić information content (AvgIpc) is 3.51. The smallest absolute Gasteiger partial charge is 0.408 e. The summed E-state index contributed by atoms with van der Waals surface area (Å²) in [4.78, 5) is 57.4. The standard InChI is InChI=1S/C33H40N6O5/c1-32(2,3)44-31(43)37-33(4,5)30(42)36-25(17-21-18-35-23-14-10-9-13-22(21)23)28(40)27-26-24(15-16-34-27)38-39(29(26)41)19-20-11-7-6-8-12-20/h6-14,18,25-27,34-35H,15-17,19H2,1-5H3,(H,36,42)(H,37,43)/t25-,26?,27?/m1/s1. The number of hydrazone groups is 1. The first-order chi connectivity index (χ1) is 20.8. The van der Waals surface area contributed by atoms with E-state index in [9.17, 15) is 19.2 Å². The van der Waals surface area contributed by atoms with E-state index in [0.29, 0.717) is 25.2 Å². The van der Waals surface area contributed by atoms with Crippen molar-refractivity contribution in [1.29, 1.82) is 0 Å². The van der Waals surface area contributed by atoms with E-state index in [0.717, 1.165) is 22.0 Å². The summed E-state index contributed by atoms with van der Waals surface area (Å²) in [5.41, 5.74) is 1.18. The van der Waals surface area contributed by atoms with Crippen molar-refractivity contribution in [2.75, 3.05) is 6.54 Å². The quantitative estimate of drug-likeness (QED) is 0.296. The Hall–Kier alpha value is -4.51. The van der Waals surface area contributed by atoms with Crippen molar-refractivity contribution >= 4 is 40.3 Å². The number of nitrogens with zero attached hydrogens (tertiary/aromatic N) is 2. The topological polar surface area (TPSA) is 145 Å². The number of H-pyrrole nitrogens is 1. The highest BCUT2D eigenvalue weighted by Crippen LogP contribution is 2.28. The number of fused-ring (bicyclic) bond motifs is 2. The van der Waals surface area contributed by atoms with Crippen molar-refractivity contribution < 1.29 is 23.9 Å². The molecule has 5 rings (SSSR count). The number of amides is 3. The van der Waals surface area contributed by atoms with Gasteiger partial charge in [-0.2, -0.15) is 5.10 Å². The summed E-state index contributed by atoms with van der Waals surface area (Å²) in [5.74, 6) is -1.91. The molecule has 2 aromatic carbocycles. The lowest BCUT2D eigenvalue weighted by molar-refractivity contribution is -0.137. The Kier molecular flexibility index (Phi) is 8.60. The number of aromatic amines is 1. The summed E-state index contributed by atoms with van der Waals surface area (Å²) < 4.78 is 5.35. The molecule has 3 amide bonds. The van der Waals surface area contributed by atoms with Gasteiger partial charge in [0.1, 0.15) is 17.1 Å². The van der Waals surface area contributed by atoms with Crippen molar-refractivity contribution in [3.8, 4) is 0 Å². The lowest BCUT2D eigenvalue weighted by atomic mass is 9.83. The maximum absolute atomic E-state index is 14.4. The number of aromatic nitrogens is 1. The molecular weight excluding hydrogens is 560 g/mol. The van der Waals surface area contributed by atoms with Crippen LogP contribution in [0.5, 0.6) is 0 Å². The molecule has 2 unspecified atom stereocenters. The molecule has 0 saturated carbocycles. The van der Waals surface area contributed by atoms with Crippen molar-refractivity contribution in [2.24, 2.45) is 11.0 Å². The Morgan fingerprint density at radius 1 is 1.05 bits per heavy atom. The van der Waals surface area contributed by atoms with Crippen molar-refractivity contribution in [3.05, 3.63) is 71.9 Å². The molecule has 2 aliphatic heterocycles. The van der Waals surface area contributed by atoms with Crippen molar-refractivity contribution in [1.82, 2.24) is 25.9 Å². The van der Waals surface area contributed by atoms with E-state index in [1.807, 2.05) is 60.8 Å². The second-order valence-electron chi connectivity index (χ2n) is 12.9. The lowest BCUT2D eigenvalue weighted by Gasteiger charge is -2.33. The summed E-state index contributed by atoms with van der Waals surface area (Å²) in [6.45, 7) is 9.06. The monoisotopic (exact) mass is 600 g/mol. The molecule has 4 N–H and O–H groups in total. The fraction of sp³-hybridized carbons (Fsp3) is 0.424. The van der Waals surface area contributed by atoms with Gasteiger partial charge in [0, 0.05) is 36.5 Å². The maximum atomic E-state index is 14.4. The number of nitrogens with one attached hydrogen (secondary N) is 4. The molecule has 3 aromatic rings. The third-order valence-electron chi connectivity index (χ3n) is 7.82. The van der Waals surface area contributed by atoms with Crippen LogP contribution in [0.2, 0.25) is 0 Å². The van der Waals surface area contributed by atoms with E-state index in [1.165, 1.54) is 5.01 Å². The summed E-state index contributed by atoms with van der Waals surface area (Å²) in [6, 6.07) is 15.4. The average molecular weight is 601 g/mol. The molecule has 0 spiro atoms. The highest BCUT2D eigenvalue weighted by atomic mass is 16.6. The molecule has 0 radical (unpaired) electrons. The van der Waals surface area contributed by atoms with Crippen molar-refractivity contribution in [2.45, 2.75) is 77.2 Å².